The summed E-state index contributed by atoms with van der Waals surface area (Å²) in [7, 11) is 5.68. The molecular weight excluding hydrogens is 835 g/mol. The normalized spacial score (nSPS) is 24.2. The lowest BCUT2D eigenvalue weighted by atomic mass is 9.49. The molecule has 4 aromatic rings. The number of imide groups is 2. The third-order valence-electron chi connectivity index (χ3n) is 12.3. The van der Waals surface area contributed by atoms with E-state index in [4.69, 9.17) is 32.7 Å². The molecule has 4 aromatic carbocycles. The molecule has 4 aliphatic rings. The van der Waals surface area contributed by atoms with Crippen LogP contribution in [0.1, 0.15) is 29.9 Å². The molecule has 17 nitrogen and oxygen atoms in total. The second-order valence-corrected chi connectivity index (χ2v) is 16.2. The van der Waals surface area contributed by atoms with Crippen LogP contribution in [0.4, 0.5) is 28.4 Å². The van der Waals surface area contributed by atoms with Gasteiger partial charge in [0.25, 0.3) is 11.8 Å². The molecule has 0 unspecified atom stereocenters. The SMILES string of the molecule is COc1ccc([C@@]23C(=O)N(Nc4ccc(Cl)cc4Cl)C(=O)[C@@H]2C[C@@H]2C(=CC[C@@H]4C(=O)N(c5cc([N+](=O)[O-])c(N(C)C)c([N+](=O)[O-])c5)C(=O)[C@@H]42)[C@@H]3c2ccc(OC)cc2O)cc1. The number of phenols is 1. The van der Waals surface area contributed by atoms with Crippen LogP contribution in [0, 0.1) is 43.9 Å². The molecule has 2 aliphatic heterocycles. The van der Waals surface area contributed by atoms with Crippen molar-refractivity contribution in [3.8, 4) is 17.2 Å². The summed E-state index contributed by atoms with van der Waals surface area (Å²) in [6.07, 6.45) is 1.56. The number of aromatic hydroxyl groups is 1. The number of hydrogen-bond acceptors (Lipinski definition) is 13. The third-order valence-corrected chi connectivity index (χ3v) is 12.8. The summed E-state index contributed by atoms with van der Waals surface area (Å²) >= 11 is 12.7. The number of nitro groups is 2. The Hall–Kier alpha value is -6.72. The van der Waals surface area contributed by atoms with Gasteiger partial charge in [0.2, 0.25) is 11.8 Å². The van der Waals surface area contributed by atoms with Gasteiger partial charge in [-0.3, -0.25) is 44.8 Å². The highest BCUT2D eigenvalue weighted by atomic mass is 35.5. The van der Waals surface area contributed by atoms with E-state index in [1.54, 1.807) is 42.5 Å². The van der Waals surface area contributed by atoms with Crippen LogP contribution in [0.25, 0.3) is 0 Å². The fourth-order valence-corrected chi connectivity index (χ4v) is 10.2. The Bertz CT molecular complexity index is 2590. The minimum absolute atomic E-state index is 0.0429. The number of nitrogens with zero attached hydrogens (tertiary/aromatic N) is 5. The molecule has 3 fully saturated rings. The third kappa shape index (κ3) is 6.20. The Labute approximate surface area is 357 Å². The Balaban J connectivity index is 1.33. The largest absolute Gasteiger partial charge is 0.508 e. The summed E-state index contributed by atoms with van der Waals surface area (Å²) in [6, 6.07) is 17.5. The standard InChI is InChI=1S/C42H36Cl2N6O11/c1-46(2)37-32(49(56)57)16-22(17-33(37)50(58)59)47-38(52)27-13-12-25-28(35(27)40(47)54)19-29-39(53)48(45-31-14-7-21(43)15-30(31)44)41(55)42(29,20-5-8-23(60-3)9-6-20)36(25)26-11-10-24(61-4)18-34(26)51/h5-12,14-18,27-29,35-36,45,51H,13,19H2,1-4H3/t27-,28+,29-,35-,36+,42+/m0/s1. The monoisotopic (exact) mass is 870 g/mol. The number of hydrazine groups is 1. The number of nitrogens with one attached hydrogen (secondary N) is 1. The van der Waals surface area contributed by atoms with E-state index in [0.717, 1.165) is 22.0 Å². The number of hydrogen-bond donors (Lipinski definition) is 2. The summed E-state index contributed by atoms with van der Waals surface area (Å²) in [4.78, 5) is 84.6. The van der Waals surface area contributed by atoms with Gasteiger partial charge >= 0.3 is 11.4 Å². The van der Waals surface area contributed by atoms with Gasteiger partial charge in [-0.25, -0.2) is 4.90 Å². The first-order valence-electron chi connectivity index (χ1n) is 18.9. The molecule has 6 atom stereocenters. The van der Waals surface area contributed by atoms with Crippen LogP contribution in [-0.2, 0) is 24.6 Å². The predicted octanol–water partition coefficient (Wildman–Crippen LogP) is 6.79. The number of amides is 4. The number of carbonyl (C=O) groups excluding carboxylic acids is 4. The lowest BCUT2D eigenvalue weighted by Gasteiger charge is -2.50. The van der Waals surface area contributed by atoms with E-state index in [-0.39, 0.29) is 46.2 Å². The number of allylic oxidation sites excluding steroid dienone is 2. The van der Waals surface area contributed by atoms with Crippen LogP contribution >= 0.6 is 23.2 Å². The molecule has 0 spiro atoms. The number of methoxy groups -OCH3 is 2. The van der Waals surface area contributed by atoms with Gasteiger partial charge in [0.05, 0.1) is 63.6 Å². The van der Waals surface area contributed by atoms with Crippen LogP contribution in [0.3, 0.4) is 0 Å². The van der Waals surface area contributed by atoms with Crippen LogP contribution in [-0.4, -0.2) is 71.9 Å². The average molecular weight is 872 g/mol. The van der Waals surface area contributed by atoms with Crippen molar-refractivity contribution in [3.63, 3.8) is 0 Å². The second-order valence-electron chi connectivity index (χ2n) is 15.4. The number of anilines is 3. The molecule has 2 saturated heterocycles. The molecule has 0 bridgehead atoms. The zero-order chi connectivity index (χ0) is 43.8. The number of carbonyl (C=O) groups is 4. The van der Waals surface area contributed by atoms with Crippen molar-refractivity contribution in [2.45, 2.75) is 24.2 Å². The first-order chi connectivity index (χ1) is 29.0. The van der Waals surface area contributed by atoms with Gasteiger partial charge in [0.1, 0.15) is 17.2 Å². The number of ether oxygens (including phenoxy) is 2. The smallest absolute Gasteiger partial charge is 0.301 e. The lowest BCUT2D eigenvalue weighted by molar-refractivity contribution is -0.392. The highest BCUT2D eigenvalue weighted by Crippen LogP contribution is 2.65. The van der Waals surface area contributed by atoms with Gasteiger partial charge in [-0.2, -0.15) is 5.01 Å². The molecule has 19 heteroatoms. The first kappa shape index (κ1) is 41.0. The van der Waals surface area contributed by atoms with E-state index in [2.05, 4.69) is 5.43 Å². The molecule has 314 valence electrons. The number of fused-ring (bicyclic) bond motifs is 4. The molecule has 2 aliphatic carbocycles. The van der Waals surface area contributed by atoms with E-state index >= 15 is 9.59 Å². The molecule has 4 amide bonds. The van der Waals surface area contributed by atoms with Crippen molar-refractivity contribution in [3.05, 3.63) is 126 Å². The van der Waals surface area contributed by atoms with Crippen LogP contribution < -0.4 is 24.7 Å². The van der Waals surface area contributed by atoms with Crippen molar-refractivity contribution >= 4 is 75.3 Å². The Morgan fingerprint density at radius 2 is 1.48 bits per heavy atom. The van der Waals surface area contributed by atoms with E-state index in [9.17, 15) is 34.9 Å². The summed E-state index contributed by atoms with van der Waals surface area (Å²) < 4.78 is 10.8. The molecule has 61 heavy (non-hydrogen) atoms. The van der Waals surface area contributed by atoms with E-state index in [1.165, 1.54) is 57.5 Å². The number of phenolic OH excluding ortho intramolecular Hbond substituents is 1. The molecule has 1 saturated carbocycles. The molecular formula is C42H36Cl2N6O11. The zero-order valence-corrected chi connectivity index (χ0v) is 34.3. The maximum Gasteiger partial charge on any atom is 0.301 e. The van der Waals surface area contributed by atoms with Crippen molar-refractivity contribution in [2.24, 2.45) is 23.7 Å². The molecule has 0 aromatic heterocycles. The fourth-order valence-electron chi connectivity index (χ4n) is 9.79. The first-order valence-corrected chi connectivity index (χ1v) is 19.6. The van der Waals surface area contributed by atoms with E-state index in [0.29, 0.717) is 27.7 Å². The second kappa shape index (κ2) is 15.1. The van der Waals surface area contributed by atoms with Crippen molar-refractivity contribution < 1.29 is 43.6 Å². The Morgan fingerprint density at radius 1 is 0.836 bits per heavy atom. The van der Waals surface area contributed by atoms with Crippen molar-refractivity contribution in [2.75, 3.05) is 43.5 Å². The van der Waals surface area contributed by atoms with E-state index < -0.39 is 79.9 Å². The van der Waals surface area contributed by atoms with Gasteiger partial charge in [0, 0.05) is 48.8 Å². The van der Waals surface area contributed by atoms with Crippen LogP contribution in [0.2, 0.25) is 10.0 Å². The molecule has 2 heterocycles. The summed E-state index contributed by atoms with van der Waals surface area (Å²) in [5.41, 5.74) is 0.341. The van der Waals surface area contributed by atoms with Crippen LogP contribution in [0.5, 0.6) is 17.2 Å². The number of nitro benzene ring substituents is 2. The van der Waals surface area contributed by atoms with Crippen LogP contribution in [0.15, 0.2) is 84.4 Å². The zero-order valence-electron chi connectivity index (χ0n) is 32.8. The summed E-state index contributed by atoms with van der Waals surface area (Å²) in [6.45, 7) is 0. The number of benzene rings is 4. The van der Waals surface area contributed by atoms with Gasteiger partial charge < -0.3 is 19.5 Å². The Morgan fingerprint density at radius 3 is 2.05 bits per heavy atom. The Kier molecular flexibility index (Phi) is 10.1. The van der Waals surface area contributed by atoms with Gasteiger partial charge in [-0.05, 0) is 60.7 Å². The number of rotatable bonds is 10. The maximum absolute atomic E-state index is 15.5. The minimum Gasteiger partial charge on any atom is -0.508 e. The fraction of sp³-hybridized carbons (Fsp3) is 0.286. The molecule has 2 N–H and O–H groups in total. The van der Waals surface area contributed by atoms with E-state index in [1.807, 2.05) is 0 Å². The highest BCUT2D eigenvalue weighted by molar-refractivity contribution is 6.36. The molecule has 8 rings (SSSR count). The summed E-state index contributed by atoms with van der Waals surface area (Å²) in [5.74, 6) is -7.94. The lowest BCUT2D eigenvalue weighted by Crippen LogP contribution is -2.53. The maximum atomic E-state index is 15.5. The van der Waals surface area contributed by atoms with Crippen molar-refractivity contribution in [1.29, 1.82) is 0 Å². The number of halogens is 2. The van der Waals surface area contributed by atoms with Crippen molar-refractivity contribution in [1.82, 2.24) is 5.01 Å². The van der Waals surface area contributed by atoms with Gasteiger partial charge in [0.15, 0.2) is 5.69 Å². The predicted molar refractivity (Wildman–Crippen MR) is 222 cm³/mol. The average Bonchev–Trinajstić information content (AvgIpc) is 3.61. The molecule has 0 radical (unpaired) electrons. The minimum atomic E-state index is -1.79. The highest BCUT2D eigenvalue weighted by Gasteiger charge is 2.71. The summed E-state index contributed by atoms with van der Waals surface area (Å²) in [5, 5.41) is 37.6. The topological polar surface area (TPSA) is 215 Å². The van der Waals surface area contributed by atoms with Gasteiger partial charge in [-0.1, -0.05) is 53.1 Å². The quantitative estimate of drug-likeness (QED) is 0.0728. The van der Waals surface area contributed by atoms with Gasteiger partial charge in [-0.15, -0.1) is 0 Å².